The summed E-state index contributed by atoms with van der Waals surface area (Å²) in [6.45, 7) is 0. The number of aromatic nitrogens is 1. The van der Waals surface area contributed by atoms with Gasteiger partial charge in [-0.1, -0.05) is 6.07 Å². The Bertz CT molecular complexity index is 1130. The Morgan fingerprint density at radius 1 is 1.19 bits per heavy atom. The number of carbonyl (C=O) groups excluding carboxylic acids is 2. The van der Waals surface area contributed by atoms with Gasteiger partial charge in [-0.25, -0.2) is 5.01 Å². The van der Waals surface area contributed by atoms with Gasteiger partial charge in [-0.2, -0.15) is 0 Å². The molecule has 1 saturated heterocycles. The zero-order chi connectivity index (χ0) is 19.1. The first-order chi connectivity index (χ1) is 13.0. The molecule has 3 aromatic rings. The Morgan fingerprint density at radius 3 is 2.67 bits per heavy atom. The van der Waals surface area contributed by atoms with Crippen molar-refractivity contribution in [3.63, 3.8) is 0 Å². The zero-order valence-electron chi connectivity index (χ0n) is 13.6. The molecule has 8 heteroatoms. The Balaban J connectivity index is 1.80. The minimum atomic E-state index is -0.486. The first kappa shape index (κ1) is 17.9. The predicted molar refractivity (Wildman–Crippen MR) is 114 cm³/mol. The maximum Gasteiger partial charge on any atom is 0.282 e. The van der Waals surface area contributed by atoms with E-state index in [0.29, 0.717) is 26.6 Å². The number of rotatable bonds is 2. The van der Waals surface area contributed by atoms with E-state index >= 15 is 0 Å². The third kappa shape index (κ3) is 3.19. The summed E-state index contributed by atoms with van der Waals surface area (Å²) < 4.78 is 1.46. The number of hydrogen-bond donors (Lipinski definition) is 2. The molecular weight excluding hydrogens is 525 g/mol. The lowest BCUT2D eigenvalue weighted by Crippen LogP contribution is -2.35. The molecule has 0 saturated carbocycles. The van der Waals surface area contributed by atoms with Crippen LogP contribution in [0.25, 0.3) is 17.0 Å². The second-order valence-corrected chi connectivity index (χ2v) is 7.91. The standard InChI is InChI=1S/C19H11BrIN3O3/c20-15-9-10(13-2-1-7-22-16(13)17(15)25)8-14-18(26)23-24(19(14)27)12-5-3-11(21)4-6-12/h1-9,25H,(H,23,26)/b14-8+. The summed E-state index contributed by atoms with van der Waals surface area (Å²) in [5.74, 6) is -0.919. The topological polar surface area (TPSA) is 82.5 Å². The van der Waals surface area contributed by atoms with E-state index in [0.717, 1.165) is 3.57 Å². The van der Waals surface area contributed by atoms with Crippen molar-refractivity contribution in [1.82, 2.24) is 10.4 Å². The summed E-state index contributed by atoms with van der Waals surface area (Å²) in [6, 6.07) is 12.4. The van der Waals surface area contributed by atoms with Crippen LogP contribution in [0.15, 0.2) is 58.7 Å². The average molecular weight is 536 g/mol. The Labute approximate surface area is 176 Å². The van der Waals surface area contributed by atoms with E-state index < -0.39 is 11.8 Å². The molecule has 27 heavy (non-hydrogen) atoms. The fraction of sp³-hybridized carbons (Fsp3) is 0. The van der Waals surface area contributed by atoms with E-state index in [1.807, 2.05) is 12.1 Å². The molecule has 6 nitrogen and oxygen atoms in total. The van der Waals surface area contributed by atoms with Crippen molar-refractivity contribution in [3.05, 3.63) is 67.8 Å². The number of phenolic OH excluding ortho intramolecular Hbond substituents is 1. The molecular formula is C19H11BrIN3O3. The third-order valence-corrected chi connectivity index (χ3v) is 5.45. The highest BCUT2D eigenvalue weighted by atomic mass is 127. The number of nitrogens with zero attached hydrogens (tertiary/aromatic N) is 2. The van der Waals surface area contributed by atoms with Gasteiger partial charge in [-0.15, -0.1) is 0 Å². The highest BCUT2D eigenvalue weighted by Gasteiger charge is 2.34. The fourth-order valence-corrected chi connectivity index (χ4v) is 3.62. The van der Waals surface area contributed by atoms with Gasteiger partial charge in [0.25, 0.3) is 11.8 Å². The van der Waals surface area contributed by atoms with Gasteiger partial charge in [0.1, 0.15) is 11.1 Å². The fourth-order valence-electron chi connectivity index (χ4n) is 2.83. The zero-order valence-corrected chi connectivity index (χ0v) is 17.4. The van der Waals surface area contributed by atoms with Crippen LogP contribution in [0.5, 0.6) is 5.75 Å². The maximum atomic E-state index is 12.8. The van der Waals surface area contributed by atoms with Gasteiger partial charge in [0.2, 0.25) is 0 Å². The molecule has 0 spiro atoms. The van der Waals surface area contributed by atoms with Crippen LogP contribution in [-0.2, 0) is 9.59 Å². The van der Waals surface area contributed by atoms with Gasteiger partial charge in [-0.3, -0.25) is 20.0 Å². The van der Waals surface area contributed by atoms with Gasteiger partial charge < -0.3 is 5.11 Å². The minimum Gasteiger partial charge on any atom is -0.505 e. The molecule has 0 atom stereocenters. The van der Waals surface area contributed by atoms with E-state index in [1.54, 1.807) is 36.5 Å². The van der Waals surface area contributed by atoms with Crippen molar-refractivity contribution in [2.75, 3.05) is 5.01 Å². The molecule has 2 heterocycles. The second-order valence-electron chi connectivity index (χ2n) is 5.81. The highest BCUT2D eigenvalue weighted by Crippen LogP contribution is 2.35. The van der Waals surface area contributed by atoms with Crippen molar-refractivity contribution in [2.45, 2.75) is 0 Å². The summed E-state index contributed by atoms with van der Waals surface area (Å²) >= 11 is 5.46. The van der Waals surface area contributed by atoms with Crippen LogP contribution in [-0.4, -0.2) is 21.9 Å². The van der Waals surface area contributed by atoms with E-state index in [2.05, 4.69) is 48.9 Å². The number of halogens is 2. The molecule has 2 N–H and O–H groups in total. The molecule has 0 aliphatic carbocycles. The van der Waals surface area contributed by atoms with Crippen LogP contribution in [0.4, 0.5) is 5.69 Å². The number of nitrogens with one attached hydrogen (secondary N) is 1. The van der Waals surface area contributed by atoms with Gasteiger partial charge >= 0.3 is 0 Å². The normalized spacial score (nSPS) is 15.6. The third-order valence-electron chi connectivity index (χ3n) is 4.13. The Kier molecular flexibility index (Phi) is 4.60. The lowest BCUT2D eigenvalue weighted by molar-refractivity contribution is -0.117. The molecule has 1 aromatic heterocycles. The van der Waals surface area contributed by atoms with Gasteiger partial charge in [0.05, 0.1) is 10.2 Å². The molecule has 1 fully saturated rings. The molecule has 0 unspecified atom stereocenters. The first-order valence-electron chi connectivity index (χ1n) is 7.84. The van der Waals surface area contributed by atoms with Crippen LogP contribution in [0, 0.1) is 3.57 Å². The summed E-state index contributed by atoms with van der Waals surface area (Å²) in [5.41, 5.74) is 4.16. The summed E-state index contributed by atoms with van der Waals surface area (Å²) in [4.78, 5) is 29.4. The average Bonchev–Trinajstić information content (AvgIpc) is 2.94. The molecule has 1 aliphatic rings. The molecule has 2 aromatic carbocycles. The van der Waals surface area contributed by atoms with Crippen molar-refractivity contribution in [1.29, 1.82) is 0 Å². The van der Waals surface area contributed by atoms with E-state index in [-0.39, 0.29) is 11.3 Å². The number of hydrazine groups is 1. The quantitative estimate of drug-likeness (QED) is 0.297. The molecule has 1 aliphatic heterocycles. The Morgan fingerprint density at radius 2 is 1.93 bits per heavy atom. The molecule has 0 bridgehead atoms. The largest absolute Gasteiger partial charge is 0.505 e. The molecule has 0 radical (unpaired) electrons. The van der Waals surface area contributed by atoms with Gasteiger partial charge in [0, 0.05) is 15.2 Å². The first-order valence-corrected chi connectivity index (χ1v) is 9.72. The van der Waals surface area contributed by atoms with Crippen LogP contribution >= 0.6 is 38.5 Å². The number of aromatic hydroxyl groups is 1. The van der Waals surface area contributed by atoms with Crippen molar-refractivity contribution >= 4 is 73.0 Å². The second kappa shape index (κ2) is 6.93. The molecule has 134 valence electrons. The van der Waals surface area contributed by atoms with Crippen LogP contribution in [0.3, 0.4) is 0 Å². The molecule has 4 rings (SSSR count). The number of carbonyl (C=O) groups is 2. The monoisotopic (exact) mass is 535 g/mol. The van der Waals surface area contributed by atoms with E-state index in [4.69, 9.17) is 0 Å². The lowest BCUT2D eigenvalue weighted by atomic mass is 10.0. The number of fused-ring (bicyclic) bond motifs is 1. The van der Waals surface area contributed by atoms with Crippen molar-refractivity contribution in [2.24, 2.45) is 0 Å². The number of hydrogen-bond acceptors (Lipinski definition) is 4. The van der Waals surface area contributed by atoms with Crippen molar-refractivity contribution in [3.8, 4) is 5.75 Å². The number of amides is 2. The summed E-state index contributed by atoms with van der Waals surface area (Å²) in [7, 11) is 0. The SMILES string of the molecule is O=C1NN(c2ccc(I)cc2)C(=O)/C1=C/c1cc(Br)c(O)c2ncccc12. The smallest absolute Gasteiger partial charge is 0.282 e. The number of benzene rings is 2. The van der Waals surface area contributed by atoms with Gasteiger partial charge in [0.15, 0.2) is 5.75 Å². The molecule has 2 amide bonds. The summed E-state index contributed by atoms with van der Waals surface area (Å²) in [6.07, 6.45) is 3.08. The lowest BCUT2D eigenvalue weighted by Gasteiger charge is -2.14. The van der Waals surface area contributed by atoms with Crippen LogP contribution in [0.2, 0.25) is 0 Å². The van der Waals surface area contributed by atoms with E-state index in [1.165, 1.54) is 11.1 Å². The minimum absolute atomic E-state index is 0.00969. The van der Waals surface area contributed by atoms with Crippen LogP contribution in [0.1, 0.15) is 5.56 Å². The van der Waals surface area contributed by atoms with Crippen molar-refractivity contribution < 1.29 is 14.7 Å². The van der Waals surface area contributed by atoms with E-state index in [9.17, 15) is 14.7 Å². The highest BCUT2D eigenvalue weighted by molar-refractivity contribution is 14.1. The summed E-state index contributed by atoms with van der Waals surface area (Å²) in [5, 5.41) is 12.0. The number of anilines is 1. The van der Waals surface area contributed by atoms with Crippen LogP contribution < -0.4 is 10.4 Å². The number of pyridine rings is 1. The maximum absolute atomic E-state index is 12.8. The number of phenols is 1. The predicted octanol–water partition coefficient (Wildman–Crippen LogP) is 3.77. The van der Waals surface area contributed by atoms with Gasteiger partial charge in [-0.05, 0) is 86.6 Å². The Hall–Kier alpha value is -2.46.